The van der Waals surface area contributed by atoms with Crippen LogP contribution in [0.25, 0.3) is 0 Å². The molecule has 2 saturated heterocycles. The van der Waals surface area contributed by atoms with Crippen LogP contribution in [0.2, 0.25) is 0 Å². The third kappa shape index (κ3) is 1.05. The molecule has 3 heteroatoms. The normalized spacial score (nSPS) is 51.0. The third-order valence-electron chi connectivity index (χ3n) is 9.26. The summed E-state index contributed by atoms with van der Waals surface area (Å²) in [4.78, 5) is 5.47. The van der Waals surface area contributed by atoms with Crippen LogP contribution in [-0.2, 0) is 5.41 Å². The van der Waals surface area contributed by atoms with Gasteiger partial charge in [-0.25, -0.2) is 0 Å². The van der Waals surface area contributed by atoms with Crippen molar-refractivity contribution in [2.75, 3.05) is 31.6 Å². The number of aliphatic hydroxyl groups is 1. The van der Waals surface area contributed by atoms with Gasteiger partial charge in [0.25, 0.3) is 0 Å². The Labute approximate surface area is 144 Å². The fourth-order valence-electron chi connectivity index (χ4n) is 9.07. The fourth-order valence-corrected chi connectivity index (χ4v) is 9.07. The van der Waals surface area contributed by atoms with E-state index in [2.05, 4.69) is 48.0 Å². The van der Waals surface area contributed by atoms with E-state index in [4.69, 9.17) is 0 Å². The largest absolute Gasteiger partial charge is 0.396 e. The number of aliphatic hydroxyl groups excluding tert-OH is 1. The van der Waals surface area contributed by atoms with E-state index in [9.17, 15) is 5.11 Å². The van der Waals surface area contributed by atoms with Gasteiger partial charge in [-0.1, -0.05) is 25.1 Å². The Bertz CT molecular complexity index is 734. The summed E-state index contributed by atoms with van der Waals surface area (Å²) in [6, 6.07) is 9.86. The van der Waals surface area contributed by atoms with Crippen LogP contribution in [0, 0.1) is 17.3 Å². The second kappa shape index (κ2) is 4.02. The Morgan fingerprint density at radius 1 is 1.21 bits per heavy atom. The smallest absolute Gasteiger partial charge is 0.0593 e. The molecular formula is C21H28N2O. The highest BCUT2D eigenvalue weighted by molar-refractivity contribution is 5.72. The zero-order valence-corrected chi connectivity index (χ0v) is 14.8. The van der Waals surface area contributed by atoms with Gasteiger partial charge >= 0.3 is 0 Å². The molecule has 3 heterocycles. The molecule has 6 atom stereocenters. The van der Waals surface area contributed by atoms with Crippen LogP contribution in [0.3, 0.4) is 0 Å². The van der Waals surface area contributed by atoms with Gasteiger partial charge in [-0.2, -0.15) is 0 Å². The van der Waals surface area contributed by atoms with E-state index in [1.165, 1.54) is 44.5 Å². The van der Waals surface area contributed by atoms with Crippen molar-refractivity contribution in [1.29, 1.82) is 0 Å². The van der Waals surface area contributed by atoms with Gasteiger partial charge in [-0.15, -0.1) is 0 Å². The Kier molecular flexibility index (Phi) is 2.37. The first-order chi connectivity index (χ1) is 11.6. The van der Waals surface area contributed by atoms with Crippen LogP contribution in [-0.4, -0.2) is 48.3 Å². The van der Waals surface area contributed by atoms with Gasteiger partial charge in [0.05, 0.1) is 5.54 Å². The molecule has 1 aromatic rings. The van der Waals surface area contributed by atoms with E-state index in [0.29, 0.717) is 29.9 Å². The summed E-state index contributed by atoms with van der Waals surface area (Å²) < 4.78 is 0. The fraction of sp³-hybridized carbons (Fsp3) is 0.714. The molecule has 3 spiro atoms. The van der Waals surface area contributed by atoms with Gasteiger partial charge in [0.15, 0.2) is 0 Å². The van der Waals surface area contributed by atoms with Gasteiger partial charge in [0.1, 0.15) is 0 Å². The molecule has 3 nitrogen and oxygen atoms in total. The quantitative estimate of drug-likeness (QED) is 0.860. The van der Waals surface area contributed by atoms with Crippen LogP contribution in [0.5, 0.6) is 0 Å². The first-order valence-corrected chi connectivity index (χ1v) is 9.83. The van der Waals surface area contributed by atoms with E-state index in [-0.39, 0.29) is 11.0 Å². The van der Waals surface area contributed by atoms with Crippen LogP contribution >= 0.6 is 0 Å². The topological polar surface area (TPSA) is 26.7 Å². The molecule has 4 fully saturated rings. The molecule has 24 heavy (non-hydrogen) atoms. The van der Waals surface area contributed by atoms with Crippen LogP contribution in [0.4, 0.5) is 5.69 Å². The summed E-state index contributed by atoms with van der Waals surface area (Å²) in [5, 5.41) is 10.4. The van der Waals surface area contributed by atoms with E-state index >= 15 is 0 Å². The van der Waals surface area contributed by atoms with Crippen LogP contribution in [0.1, 0.15) is 38.2 Å². The molecule has 128 valence electrons. The van der Waals surface area contributed by atoms with Crippen molar-refractivity contribution in [3.05, 3.63) is 29.8 Å². The predicted molar refractivity (Wildman–Crippen MR) is 95.3 cm³/mol. The Morgan fingerprint density at radius 2 is 2.04 bits per heavy atom. The van der Waals surface area contributed by atoms with Crippen molar-refractivity contribution in [3.8, 4) is 0 Å². The predicted octanol–water partition coefficient (Wildman–Crippen LogP) is 2.63. The molecule has 2 bridgehead atoms. The van der Waals surface area contributed by atoms with Gasteiger partial charge in [-0.05, 0) is 61.7 Å². The summed E-state index contributed by atoms with van der Waals surface area (Å²) in [6.45, 7) is 5.41. The minimum Gasteiger partial charge on any atom is -0.396 e. The number of fused-ring (bicyclic) bond motifs is 1. The molecule has 6 rings (SSSR count). The Hall–Kier alpha value is -1.06. The highest BCUT2D eigenvalue weighted by Gasteiger charge is 2.85. The van der Waals surface area contributed by atoms with Gasteiger partial charge in [0, 0.05) is 36.7 Å². The third-order valence-corrected chi connectivity index (χ3v) is 9.26. The highest BCUT2D eigenvalue weighted by Crippen LogP contribution is 2.80. The molecule has 3 aliphatic heterocycles. The standard InChI is InChI=1S/C21H28N2O/c1-14-19-8-5-10-23-11-9-20(18(19)23)16-6-3-4-7-17(16)22(2)21(14,20)15(12-19)13-24/h3-4,6-7,14-15,18,24H,5,8-13H2,1-2H3/t14-,15-,18+,19+,20-,21+/m1/s1. The number of hydrogen-bond acceptors (Lipinski definition) is 3. The number of anilines is 1. The van der Waals surface area contributed by atoms with Gasteiger partial charge in [-0.3, -0.25) is 4.90 Å². The van der Waals surface area contributed by atoms with E-state index in [1.807, 2.05) is 0 Å². The molecule has 2 saturated carbocycles. The summed E-state index contributed by atoms with van der Waals surface area (Å²) in [7, 11) is 2.33. The molecule has 1 aromatic carbocycles. The lowest BCUT2D eigenvalue weighted by Gasteiger charge is -2.54. The first-order valence-electron chi connectivity index (χ1n) is 9.83. The molecule has 0 amide bonds. The maximum Gasteiger partial charge on any atom is 0.0593 e. The first kappa shape index (κ1) is 14.1. The molecule has 1 N–H and O–H groups in total. The van der Waals surface area contributed by atoms with Crippen molar-refractivity contribution in [2.45, 2.75) is 49.6 Å². The average Bonchev–Trinajstić information content (AvgIpc) is 3.25. The van der Waals surface area contributed by atoms with E-state index < -0.39 is 0 Å². The second-order valence-electron chi connectivity index (χ2n) is 9.20. The van der Waals surface area contributed by atoms with Crippen molar-refractivity contribution < 1.29 is 5.11 Å². The maximum absolute atomic E-state index is 10.4. The molecule has 0 radical (unpaired) electrons. The number of para-hydroxylation sites is 1. The lowest BCUT2D eigenvalue weighted by molar-refractivity contribution is -0.00343. The monoisotopic (exact) mass is 324 g/mol. The number of piperidine rings is 1. The van der Waals surface area contributed by atoms with Crippen LogP contribution < -0.4 is 4.90 Å². The number of hydrogen-bond donors (Lipinski definition) is 1. The minimum atomic E-state index is 0.120. The lowest BCUT2D eigenvalue weighted by atomic mass is 9.56. The summed E-state index contributed by atoms with van der Waals surface area (Å²) >= 11 is 0. The second-order valence-corrected chi connectivity index (χ2v) is 9.20. The van der Waals surface area contributed by atoms with E-state index in [1.54, 1.807) is 5.56 Å². The summed E-state index contributed by atoms with van der Waals surface area (Å²) in [5.41, 5.74) is 3.81. The molecular weight excluding hydrogens is 296 g/mol. The number of benzene rings is 1. The zero-order valence-electron chi connectivity index (χ0n) is 14.8. The molecule has 0 unspecified atom stereocenters. The minimum absolute atomic E-state index is 0.120. The molecule has 0 aromatic heterocycles. The number of rotatable bonds is 1. The maximum atomic E-state index is 10.4. The van der Waals surface area contributed by atoms with Crippen molar-refractivity contribution >= 4 is 5.69 Å². The SMILES string of the molecule is C[C@@H]1[C@]23CCCN4CC[C@@]5(c6ccccc6N(C)[C@]15[C@@H](CO)C2)[C@@H]43. The average molecular weight is 324 g/mol. The summed E-state index contributed by atoms with van der Waals surface area (Å²) in [5.74, 6) is 1.08. The molecule has 2 aliphatic carbocycles. The summed E-state index contributed by atoms with van der Waals surface area (Å²) in [6.07, 6.45) is 5.22. The van der Waals surface area contributed by atoms with Crippen LogP contribution in [0.15, 0.2) is 24.3 Å². The zero-order chi connectivity index (χ0) is 16.3. The van der Waals surface area contributed by atoms with Crippen molar-refractivity contribution in [2.24, 2.45) is 17.3 Å². The van der Waals surface area contributed by atoms with E-state index in [0.717, 1.165) is 0 Å². The van der Waals surface area contributed by atoms with Crippen molar-refractivity contribution in [3.63, 3.8) is 0 Å². The Morgan fingerprint density at radius 3 is 2.88 bits per heavy atom. The molecule has 5 aliphatic rings. The number of nitrogens with zero attached hydrogens (tertiary/aromatic N) is 2. The van der Waals surface area contributed by atoms with Gasteiger partial charge < -0.3 is 10.0 Å². The highest BCUT2D eigenvalue weighted by atomic mass is 16.3. The van der Waals surface area contributed by atoms with Gasteiger partial charge in [0.2, 0.25) is 0 Å². The van der Waals surface area contributed by atoms with Crippen molar-refractivity contribution in [1.82, 2.24) is 4.90 Å². The Balaban J connectivity index is 1.72. The lowest BCUT2D eigenvalue weighted by Crippen LogP contribution is -2.65. The number of likely N-dealkylation sites (N-methyl/N-ethyl adjacent to an activating group) is 1.